The standard InChI is InChI=1S/C17H15BrN2O4S2/c1-7(2)5-11(16(23)24)20-15(22)13(26-17(20)25)12-9-6-8(18)3-4-10(9)19-14(12)21/h3-4,6-7,11,22H,5H2,1-2H3,(H,23,24)/p-1. The van der Waals surface area contributed by atoms with Crippen LogP contribution in [0.3, 0.4) is 0 Å². The van der Waals surface area contributed by atoms with Gasteiger partial charge in [0.05, 0.1) is 22.9 Å². The molecule has 9 heteroatoms. The van der Waals surface area contributed by atoms with Crippen molar-refractivity contribution in [1.82, 2.24) is 4.57 Å². The lowest BCUT2D eigenvalue weighted by molar-refractivity contribution is -0.311. The van der Waals surface area contributed by atoms with Crippen LogP contribution in [0.5, 0.6) is 5.88 Å². The van der Waals surface area contributed by atoms with Gasteiger partial charge in [0.2, 0.25) is 5.88 Å². The Morgan fingerprint density at radius 1 is 1.46 bits per heavy atom. The van der Waals surface area contributed by atoms with E-state index in [1.54, 1.807) is 18.2 Å². The van der Waals surface area contributed by atoms with E-state index in [2.05, 4.69) is 20.9 Å². The number of thiazole rings is 1. The first-order valence-corrected chi connectivity index (χ1v) is 9.81. The fourth-order valence-electron chi connectivity index (χ4n) is 2.88. The number of rotatable bonds is 5. The van der Waals surface area contributed by atoms with Crippen LogP contribution in [-0.4, -0.2) is 21.6 Å². The summed E-state index contributed by atoms with van der Waals surface area (Å²) in [5.41, 5.74) is 0.218. The smallest absolute Gasteiger partial charge is 0.279 e. The molecule has 3 rings (SSSR count). The topological polar surface area (TPSA) is 94.7 Å². The normalized spacial score (nSPS) is 14.5. The lowest BCUT2D eigenvalue weighted by Crippen LogP contribution is -2.34. The zero-order chi connectivity index (χ0) is 19.2. The minimum absolute atomic E-state index is 0.0509. The molecule has 0 fully saturated rings. The van der Waals surface area contributed by atoms with Gasteiger partial charge in [0.1, 0.15) is 4.88 Å². The summed E-state index contributed by atoms with van der Waals surface area (Å²) in [6, 6.07) is 4.08. The number of aliphatic carboxylic acids is 1. The van der Waals surface area contributed by atoms with Crippen molar-refractivity contribution in [2.75, 3.05) is 0 Å². The molecule has 0 bridgehead atoms. The van der Waals surface area contributed by atoms with E-state index in [-0.39, 0.29) is 32.6 Å². The third kappa shape index (κ3) is 3.26. The summed E-state index contributed by atoms with van der Waals surface area (Å²) in [4.78, 5) is 28.2. The van der Waals surface area contributed by atoms with Crippen LogP contribution in [0.15, 0.2) is 27.7 Å². The summed E-state index contributed by atoms with van der Waals surface area (Å²) in [5.74, 6) is -2.12. The number of hydrogen-bond acceptors (Lipinski definition) is 6. The molecule has 6 nitrogen and oxygen atoms in total. The van der Waals surface area contributed by atoms with Gasteiger partial charge in [-0.1, -0.05) is 29.8 Å². The van der Waals surface area contributed by atoms with Gasteiger partial charge in [0.25, 0.3) is 5.91 Å². The van der Waals surface area contributed by atoms with Crippen molar-refractivity contribution in [2.45, 2.75) is 26.3 Å². The molecule has 0 aliphatic carbocycles. The van der Waals surface area contributed by atoms with Crippen molar-refractivity contribution in [1.29, 1.82) is 0 Å². The highest BCUT2D eigenvalue weighted by atomic mass is 79.9. The maximum Gasteiger partial charge on any atom is 0.279 e. The molecule has 1 aliphatic heterocycles. The summed E-state index contributed by atoms with van der Waals surface area (Å²) < 4.78 is 2.07. The molecule has 136 valence electrons. The molecule has 1 N–H and O–H groups in total. The molecule has 0 saturated heterocycles. The fraction of sp³-hybridized carbons (Fsp3) is 0.294. The second-order valence-corrected chi connectivity index (χ2v) is 8.87. The van der Waals surface area contributed by atoms with E-state index >= 15 is 0 Å². The number of halogens is 1. The third-order valence-corrected chi connectivity index (χ3v) is 5.89. The monoisotopic (exact) mass is 453 g/mol. The molecule has 26 heavy (non-hydrogen) atoms. The molecular weight excluding hydrogens is 440 g/mol. The molecule has 0 spiro atoms. The van der Waals surface area contributed by atoms with Crippen LogP contribution in [0.1, 0.15) is 31.2 Å². The maximum absolute atomic E-state index is 12.4. The summed E-state index contributed by atoms with van der Waals surface area (Å²) in [6.07, 6.45) is 0.246. The fourth-order valence-corrected chi connectivity index (χ4v) is 4.68. The molecule has 2 heterocycles. The molecule has 1 aromatic carbocycles. The summed E-state index contributed by atoms with van der Waals surface area (Å²) in [7, 11) is 0. The predicted octanol–water partition coefficient (Wildman–Crippen LogP) is 1.44. The molecule has 1 amide bonds. The first-order chi connectivity index (χ1) is 12.2. The highest BCUT2D eigenvalue weighted by molar-refractivity contribution is 9.10. The Labute approximate surface area is 166 Å². The number of fused-ring (bicyclic) bond motifs is 1. The average Bonchev–Trinajstić information content (AvgIpc) is 3.00. The second kappa shape index (κ2) is 7.05. The predicted molar refractivity (Wildman–Crippen MR) is 101 cm³/mol. The van der Waals surface area contributed by atoms with Crippen molar-refractivity contribution in [2.24, 2.45) is 10.9 Å². The van der Waals surface area contributed by atoms with Crippen molar-refractivity contribution >= 4 is 56.9 Å². The van der Waals surface area contributed by atoms with E-state index in [1.165, 1.54) is 0 Å². The van der Waals surface area contributed by atoms with Crippen LogP contribution in [-0.2, 0) is 9.59 Å². The molecule has 0 radical (unpaired) electrons. The van der Waals surface area contributed by atoms with Gasteiger partial charge in [-0.05, 0) is 42.8 Å². The van der Waals surface area contributed by atoms with Crippen LogP contribution in [0.2, 0.25) is 0 Å². The molecule has 0 saturated carbocycles. The summed E-state index contributed by atoms with van der Waals surface area (Å²) >= 11 is 9.62. The number of aromatic hydroxyl groups is 1. The number of carboxylic acid groups (broad SMARTS) is 1. The van der Waals surface area contributed by atoms with Gasteiger partial charge in [0, 0.05) is 9.69 Å². The minimum atomic E-state index is -1.33. The van der Waals surface area contributed by atoms with Gasteiger partial charge in [-0.3, -0.25) is 9.36 Å². The Hall–Kier alpha value is -1.84. The first kappa shape index (κ1) is 18.9. The number of aromatic nitrogens is 1. The number of carbonyl (C=O) groups is 2. The van der Waals surface area contributed by atoms with Gasteiger partial charge in [-0.25, -0.2) is 4.99 Å². The molecule has 1 atom stereocenters. The van der Waals surface area contributed by atoms with Crippen LogP contribution in [0, 0.1) is 9.87 Å². The Balaban J connectivity index is 2.26. The summed E-state index contributed by atoms with van der Waals surface area (Å²) in [6.45, 7) is 3.73. The number of carbonyl (C=O) groups excluding carboxylic acids is 2. The van der Waals surface area contributed by atoms with Crippen LogP contribution in [0.25, 0.3) is 5.57 Å². The molecule has 1 unspecified atom stereocenters. The number of amides is 1. The number of benzene rings is 1. The number of carboxylic acids is 1. The molecular formula is C17H14BrN2O4S2-. The third-order valence-electron chi connectivity index (χ3n) is 3.99. The molecule has 2 aromatic rings. The number of hydrogen-bond donors (Lipinski definition) is 1. The van der Waals surface area contributed by atoms with E-state index in [1.807, 2.05) is 13.8 Å². The average molecular weight is 454 g/mol. The van der Waals surface area contributed by atoms with E-state index < -0.39 is 17.9 Å². The summed E-state index contributed by atoms with van der Waals surface area (Å²) in [5, 5.41) is 23.4. The van der Waals surface area contributed by atoms with Crippen molar-refractivity contribution in [3.63, 3.8) is 0 Å². The highest BCUT2D eigenvalue weighted by Gasteiger charge is 2.28. The van der Waals surface area contributed by atoms with Gasteiger partial charge in [-0.2, -0.15) is 0 Å². The lowest BCUT2D eigenvalue weighted by Gasteiger charge is -2.22. The van der Waals surface area contributed by atoms with Gasteiger partial charge in [-0.15, -0.1) is 11.3 Å². The zero-order valence-electron chi connectivity index (χ0n) is 13.9. The SMILES string of the molecule is CC(C)CC(C(=O)[O-])n1c(O)c(C2=c3cc(Br)ccc3=NC2=O)sc1=S. The quantitative estimate of drug-likeness (QED) is 0.691. The first-order valence-electron chi connectivity index (χ1n) is 7.79. The van der Waals surface area contributed by atoms with Gasteiger partial charge < -0.3 is 15.0 Å². The van der Waals surface area contributed by atoms with Crippen LogP contribution >= 0.6 is 39.5 Å². The van der Waals surface area contributed by atoms with E-state index in [0.717, 1.165) is 20.4 Å². The van der Waals surface area contributed by atoms with E-state index in [4.69, 9.17) is 12.2 Å². The zero-order valence-corrected chi connectivity index (χ0v) is 17.1. The van der Waals surface area contributed by atoms with Crippen LogP contribution in [0.4, 0.5) is 0 Å². The Kier molecular flexibility index (Phi) is 5.14. The largest absolute Gasteiger partial charge is 0.548 e. The second-order valence-electron chi connectivity index (χ2n) is 6.31. The minimum Gasteiger partial charge on any atom is -0.548 e. The Morgan fingerprint density at radius 3 is 2.77 bits per heavy atom. The Morgan fingerprint density at radius 2 is 2.15 bits per heavy atom. The van der Waals surface area contributed by atoms with Crippen molar-refractivity contribution < 1.29 is 19.8 Å². The van der Waals surface area contributed by atoms with Gasteiger partial charge in [0.15, 0.2) is 3.95 Å². The Bertz CT molecular complexity index is 1100. The van der Waals surface area contributed by atoms with Crippen LogP contribution < -0.4 is 15.7 Å². The highest BCUT2D eigenvalue weighted by Crippen LogP contribution is 2.36. The molecule has 1 aliphatic rings. The lowest BCUT2D eigenvalue weighted by atomic mass is 10.0. The molecule has 1 aromatic heterocycles. The van der Waals surface area contributed by atoms with Crippen molar-refractivity contribution in [3.8, 4) is 5.88 Å². The maximum atomic E-state index is 12.4. The van der Waals surface area contributed by atoms with E-state index in [9.17, 15) is 19.8 Å². The van der Waals surface area contributed by atoms with Gasteiger partial charge >= 0.3 is 0 Å². The van der Waals surface area contributed by atoms with E-state index in [0.29, 0.717) is 10.6 Å². The number of nitrogens with zero attached hydrogens (tertiary/aromatic N) is 2. The van der Waals surface area contributed by atoms with Crippen molar-refractivity contribution in [3.05, 3.63) is 42.1 Å².